The first kappa shape index (κ1) is 44.2. The summed E-state index contributed by atoms with van der Waals surface area (Å²) in [5.41, 5.74) is 2.14. The lowest BCUT2D eigenvalue weighted by molar-refractivity contribution is -0.246. The molecule has 2 saturated heterocycles. The molecule has 10 unspecified atom stereocenters. The van der Waals surface area contributed by atoms with E-state index in [1.165, 1.54) is 37.4 Å². The Morgan fingerprint density at radius 2 is 0.967 bits per heavy atom. The molecule has 0 N–H and O–H groups in total. The molecule has 0 aromatic heterocycles. The van der Waals surface area contributed by atoms with Crippen LogP contribution in [0.4, 0.5) is 0 Å². The Kier molecular flexibility index (Phi) is 13.6. The first-order valence-electron chi connectivity index (χ1n) is 19.9. The van der Waals surface area contributed by atoms with Gasteiger partial charge >= 0.3 is 17.9 Å². The number of aryl methyl sites for hydroxylation is 1. The topological polar surface area (TPSA) is 172 Å². The van der Waals surface area contributed by atoms with Crippen LogP contribution in [0.25, 0.3) is 0 Å². The van der Waals surface area contributed by atoms with Gasteiger partial charge in [0.05, 0.1) is 40.5 Å². The van der Waals surface area contributed by atoms with Gasteiger partial charge in [-0.3, -0.25) is 43.4 Å². The minimum atomic E-state index is -1.15. The second-order valence-corrected chi connectivity index (χ2v) is 16.9. The molecule has 0 bridgehead atoms. The van der Waals surface area contributed by atoms with Crippen molar-refractivity contribution in [1.29, 1.82) is 0 Å². The molecule has 4 aliphatic rings. The van der Waals surface area contributed by atoms with E-state index in [0.29, 0.717) is 22.3 Å². The Bertz CT molecular complexity index is 2090. The number of amides is 4. The average Bonchev–Trinajstić information content (AvgIpc) is 3.61. The van der Waals surface area contributed by atoms with Crippen molar-refractivity contribution >= 4 is 53.3 Å². The predicted molar refractivity (Wildman–Crippen MR) is 218 cm³/mol. The zero-order valence-electron chi connectivity index (χ0n) is 34.8. The van der Waals surface area contributed by atoms with Crippen molar-refractivity contribution in [2.24, 2.45) is 23.7 Å². The number of rotatable bonds is 9. The number of esters is 3. The van der Waals surface area contributed by atoms with Crippen LogP contribution in [-0.2, 0) is 38.1 Å². The molecule has 0 radical (unpaired) electrons. The van der Waals surface area contributed by atoms with Crippen LogP contribution in [0.2, 0.25) is 0 Å². The SMILES string of the molecule is CC(=O)OCC1OC(OC(C)=O)C(N2C(=O)c3ccccc3C2=O)C(C)C1C.CC(=O)OCC1OC(Sc2ccc(C)cc2)C(N2C(=O)c3ccccc3C2=O)C(C)C1C. The Balaban J connectivity index is 0.000000203. The second kappa shape index (κ2) is 18.5. The summed E-state index contributed by atoms with van der Waals surface area (Å²) in [5, 5.41) is 0. The number of imide groups is 2. The smallest absolute Gasteiger partial charge is 0.305 e. The molecule has 0 saturated carbocycles. The molecule has 3 aromatic rings. The van der Waals surface area contributed by atoms with E-state index in [0.717, 1.165) is 15.4 Å². The van der Waals surface area contributed by atoms with Crippen molar-refractivity contribution in [3.8, 4) is 0 Å². The van der Waals surface area contributed by atoms with Crippen LogP contribution in [-0.4, -0.2) is 101 Å². The summed E-state index contributed by atoms with van der Waals surface area (Å²) in [6, 6.07) is 20.3. The first-order chi connectivity index (χ1) is 28.5. The Morgan fingerprint density at radius 3 is 1.38 bits per heavy atom. The minimum absolute atomic E-state index is 0.00650. The zero-order chi connectivity index (χ0) is 43.6. The van der Waals surface area contributed by atoms with E-state index >= 15 is 0 Å². The molecule has 60 heavy (non-hydrogen) atoms. The molecule has 318 valence electrons. The van der Waals surface area contributed by atoms with Crippen molar-refractivity contribution in [3.63, 3.8) is 0 Å². The molecule has 14 nitrogen and oxygen atoms in total. The number of hydrogen-bond acceptors (Lipinski definition) is 13. The van der Waals surface area contributed by atoms with E-state index in [2.05, 4.69) is 0 Å². The maximum atomic E-state index is 13.3. The summed E-state index contributed by atoms with van der Waals surface area (Å²) >= 11 is 1.49. The third-order valence-corrected chi connectivity index (χ3v) is 13.0. The molecule has 0 aliphatic carbocycles. The fourth-order valence-electron chi connectivity index (χ4n) is 8.11. The molecule has 4 heterocycles. The Morgan fingerprint density at radius 1 is 0.567 bits per heavy atom. The molecule has 15 heteroatoms. The number of thioether (sulfide) groups is 1. The lowest BCUT2D eigenvalue weighted by Crippen LogP contribution is -2.60. The summed E-state index contributed by atoms with van der Waals surface area (Å²) in [6.07, 6.45) is -2.01. The number of hydrogen-bond donors (Lipinski definition) is 0. The highest BCUT2D eigenvalue weighted by atomic mass is 32.2. The maximum Gasteiger partial charge on any atom is 0.305 e. The van der Waals surface area contributed by atoms with E-state index in [1.54, 1.807) is 48.5 Å². The van der Waals surface area contributed by atoms with Crippen LogP contribution in [0.3, 0.4) is 0 Å². The summed E-state index contributed by atoms with van der Waals surface area (Å²) in [6.45, 7) is 13.8. The van der Waals surface area contributed by atoms with Gasteiger partial charge in [0.1, 0.15) is 24.7 Å². The molecular weight excluding hydrogens is 793 g/mol. The quantitative estimate of drug-likeness (QED) is 0.138. The number of fused-ring (bicyclic) bond motifs is 2. The molecule has 4 amide bonds. The molecule has 0 spiro atoms. The van der Waals surface area contributed by atoms with E-state index in [1.807, 2.05) is 58.9 Å². The third kappa shape index (κ3) is 9.03. The van der Waals surface area contributed by atoms with Gasteiger partial charge in [0.2, 0.25) is 6.29 Å². The van der Waals surface area contributed by atoms with Gasteiger partial charge in [-0.2, -0.15) is 0 Å². The van der Waals surface area contributed by atoms with Crippen LogP contribution in [0.1, 0.15) is 95.5 Å². The van der Waals surface area contributed by atoms with E-state index in [9.17, 15) is 33.6 Å². The number of ether oxygens (including phenoxy) is 5. The van der Waals surface area contributed by atoms with E-state index < -0.39 is 53.7 Å². The highest BCUT2D eigenvalue weighted by Gasteiger charge is 2.53. The Hall–Kier alpha value is -5.38. The lowest BCUT2D eigenvalue weighted by atomic mass is 9.81. The number of nitrogens with zero attached hydrogens (tertiary/aromatic N) is 2. The molecule has 10 atom stereocenters. The van der Waals surface area contributed by atoms with Gasteiger partial charge < -0.3 is 23.7 Å². The molecular formula is C45H50N2O12S. The standard InChI is InChI=1S/C25H27NO5S.C20H23NO7/c1-14-9-11-18(12-10-14)32-25-22(16(3)15(2)21(31-25)13-30-17(4)27)26-23(28)19-7-5-6-8-20(19)24(26)29;1-10-11(2)17(20(27-13(4)23)28-16(10)9-26-12(3)22)21-18(24)14-7-5-6-8-15(14)19(21)25/h5-12,15-16,21-22,25H,13H2,1-4H3;5-8,10-11,16-17,20H,9H2,1-4H3. The molecule has 4 aliphatic heterocycles. The van der Waals surface area contributed by atoms with Crippen molar-refractivity contribution in [3.05, 3.63) is 101 Å². The molecule has 3 aromatic carbocycles. The second-order valence-electron chi connectivity index (χ2n) is 15.7. The van der Waals surface area contributed by atoms with Crippen molar-refractivity contribution in [2.45, 2.75) is 96.3 Å². The monoisotopic (exact) mass is 842 g/mol. The van der Waals surface area contributed by atoms with Crippen LogP contribution in [0.5, 0.6) is 0 Å². The summed E-state index contributed by atoms with van der Waals surface area (Å²) in [4.78, 5) is 90.1. The summed E-state index contributed by atoms with van der Waals surface area (Å²) in [7, 11) is 0. The maximum absolute atomic E-state index is 13.3. The number of carbonyl (C=O) groups is 7. The van der Waals surface area contributed by atoms with Gasteiger partial charge in [0, 0.05) is 25.7 Å². The highest BCUT2D eigenvalue weighted by molar-refractivity contribution is 7.99. The molecule has 2 fully saturated rings. The van der Waals surface area contributed by atoms with Gasteiger partial charge in [0.15, 0.2) is 0 Å². The summed E-state index contributed by atoms with van der Waals surface area (Å²) in [5.74, 6) is -3.38. The fourth-order valence-corrected chi connectivity index (χ4v) is 9.38. The first-order valence-corrected chi connectivity index (χ1v) is 20.8. The molecule has 7 rings (SSSR count). The highest BCUT2D eigenvalue weighted by Crippen LogP contribution is 2.43. The zero-order valence-corrected chi connectivity index (χ0v) is 35.6. The third-order valence-electron chi connectivity index (χ3n) is 11.8. The van der Waals surface area contributed by atoms with Crippen molar-refractivity contribution in [1.82, 2.24) is 9.80 Å². The lowest BCUT2D eigenvalue weighted by Gasteiger charge is -2.47. The van der Waals surface area contributed by atoms with Crippen LogP contribution >= 0.6 is 11.8 Å². The van der Waals surface area contributed by atoms with Gasteiger partial charge in [0.25, 0.3) is 23.6 Å². The van der Waals surface area contributed by atoms with Crippen LogP contribution in [0, 0.1) is 30.6 Å². The van der Waals surface area contributed by atoms with Gasteiger partial charge in [-0.15, -0.1) is 0 Å². The summed E-state index contributed by atoms with van der Waals surface area (Å²) < 4.78 is 27.9. The predicted octanol–water partition coefficient (Wildman–Crippen LogP) is 6.09. The van der Waals surface area contributed by atoms with Crippen LogP contribution in [0.15, 0.2) is 77.7 Å². The minimum Gasteiger partial charge on any atom is -0.463 e. The van der Waals surface area contributed by atoms with Crippen LogP contribution < -0.4 is 0 Å². The largest absolute Gasteiger partial charge is 0.463 e. The number of carbonyl (C=O) groups excluding carboxylic acids is 7. The van der Waals surface area contributed by atoms with Crippen molar-refractivity contribution in [2.75, 3.05) is 13.2 Å². The Labute approximate surface area is 353 Å². The normalized spacial score (nSPS) is 28.3. The fraction of sp³-hybridized carbons (Fsp3) is 0.444. The number of benzene rings is 3. The van der Waals surface area contributed by atoms with E-state index in [-0.39, 0.29) is 60.8 Å². The van der Waals surface area contributed by atoms with Gasteiger partial charge in [-0.1, -0.05) is 81.4 Å². The van der Waals surface area contributed by atoms with Gasteiger partial charge in [-0.25, -0.2) is 0 Å². The van der Waals surface area contributed by atoms with E-state index in [4.69, 9.17) is 23.7 Å². The van der Waals surface area contributed by atoms with Gasteiger partial charge in [-0.05, 0) is 67.0 Å². The van der Waals surface area contributed by atoms with Crippen molar-refractivity contribution < 1.29 is 57.2 Å². The average molecular weight is 843 g/mol.